The number of aromatic nitrogens is 2. The van der Waals surface area contributed by atoms with Gasteiger partial charge in [0.15, 0.2) is 23.2 Å². The van der Waals surface area contributed by atoms with Crippen LogP contribution in [-0.2, 0) is 37.1 Å². The van der Waals surface area contributed by atoms with Crippen molar-refractivity contribution in [1.29, 1.82) is 0 Å². The molecule has 18 heteroatoms. The normalized spacial score (nSPS) is 19.9. The number of aliphatic carboxylic acids is 1. The summed E-state index contributed by atoms with van der Waals surface area (Å²) in [7, 11) is 0. The molecule has 0 aliphatic carbocycles. The summed E-state index contributed by atoms with van der Waals surface area (Å²) >= 11 is 2.23. The van der Waals surface area contributed by atoms with Gasteiger partial charge in [-0.2, -0.15) is 4.57 Å². The van der Waals surface area contributed by atoms with E-state index in [-0.39, 0.29) is 58.5 Å². The molecule has 3 aliphatic rings. The molecule has 49 heavy (non-hydrogen) atoms. The molecule has 252 valence electrons. The average molecular weight is 705 g/mol. The minimum absolute atomic E-state index is 0.00171. The molecule has 5 heterocycles. The number of thiazole rings is 1. The highest BCUT2D eigenvalue weighted by Crippen LogP contribution is 2.41. The Morgan fingerprint density at radius 3 is 2.76 bits per heavy atom. The predicted octanol–water partition coefficient (Wildman–Crippen LogP) is -0.702. The number of nitrogens with two attached hydrogens (primary N) is 1. The van der Waals surface area contributed by atoms with E-state index in [0.717, 1.165) is 21.8 Å². The molecule has 6 rings (SSSR count). The van der Waals surface area contributed by atoms with Crippen LogP contribution in [0.3, 0.4) is 0 Å². The van der Waals surface area contributed by atoms with Crippen molar-refractivity contribution < 1.29 is 44.0 Å². The van der Waals surface area contributed by atoms with Crippen molar-refractivity contribution in [3.8, 4) is 5.75 Å². The first-order valence-corrected chi connectivity index (χ1v) is 16.7. The Hall–Kier alpha value is -5.75. The summed E-state index contributed by atoms with van der Waals surface area (Å²) in [6, 6.07) is 8.67. The maximum absolute atomic E-state index is 13.4. The van der Waals surface area contributed by atoms with Gasteiger partial charge in [-0.3, -0.25) is 24.1 Å². The van der Waals surface area contributed by atoms with Crippen molar-refractivity contribution in [2.75, 3.05) is 23.3 Å². The van der Waals surface area contributed by atoms with Crippen LogP contribution in [0.1, 0.15) is 17.7 Å². The highest BCUT2D eigenvalue weighted by Gasteiger charge is 2.53. The third-order valence-electron chi connectivity index (χ3n) is 7.87. The molecule has 0 unspecified atom stereocenters. The average Bonchev–Trinajstić information content (AvgIpc) is 3.64. The zero-order chi connectivity index (χ0) is 34.8. The number of carbonyl (C=O) groups is 5. The minimum Gasteiger partial charge on any atom is -0.543 e. The van der Waals surface area contributed by atoms with Crippen LogP contribution in [0.15, 0.2) is 82.2 Å². The molecule has 4 amide bonds. The first-order chi connectivity index (χ1) is 23.5. The Kier molecular flexibility index (Phi) is 9.32. The Balaban J connectivity index is 1.10. The number of carboxylic acid groups (broad SMARTS) is 1. The minimum atomic E-state index is -1.60. The van der Waals surface area contributed by atoms with Gasteiger partial charge < -0.3 is 41.5 Å². The Morgan fingerprint density at radius 1 is 1.22 bits per heavy atom. The van der Waals surface area contributed by atoms with E-state index in [4.69, 9.17) is 5.73 Å². The quantitative estimate of drug-likeness (QED) is 0.0442. The van der Waals surface area contributed by atoms with Crippen LogP contribution in [0.25, 0.3) is 0 Å². The Labute approximate surface area is 286 Å². The van der Waals surface area contributed by atoms with Crippen molar-refractivity contribution in [2.45, 2.75) is 30.9 Å². The molecular formula is C31H28N8O8S2. The summed E-state index contributed by atoms with van der Waals surface area (Å²) in [4.78, 5) is 70.6. The van der Waals surface area contributed by atoms with Crippen LogP contribution >= 0.6 is 23.1 Å². The lowest BCUT2D eigenvalue weighted by Gasteiger charge is -2.50. The van der Waals surface area contributed by atoms with Gasteiger partial charge in [0.05, 0.1) is 18.2 Å². The molecule has 0 saturated carbocycles. The molecule has 2 fully saturated rings. The van der Waals surface area contributed by atoms with E-state index < -0.39 is 34.9 Å². The smallest absolute Gasteiger partial charge is 0.290 e. The highest BCUT2D eigenvalue weighted by molar-refractivity contribution is 8.00. The van der Waals surface area contributed by atoms with E-state index in [1.165, 1.54) is 35.4 Å². The number of aromatic hydroxyl groups is 1. The van der Waals surface area contributed by atoms with E-state index >= 15 is 0 Å². The Morgan fingerprint density at radius 2 is 2.04 bits per heavy atom. The fraction of sp³-hybridized carbons (Fsp3) is 0.226. The molecule has 2 saturated heterocycles. The van der Waals surface area contributed by atoms with Gasteiger partial charge in [0.2, 0.25) is 12.5 Å². The number of nitrogens with one attached hydrogen (secondary N) is 2. The van der Waals surface area contributed by atoms with Crippen LogP contribution < -0.4 is 26.0 Å². The monoisotopic (exact) mass is 704 g/mol. The first kappa shape index (κ1) is 33.2. The number of β-lactam (4-membered cyclic amide) rings is 1. The Bertz CT molecular complexity index is 1980. The number of fused-ring (bicyclic) bond motifs is 1. The van der Waals surface area contributed by atoms with Crippen molar-refractivity contribution in [3.63, 3.8) is 0 Å². The number of amides is 4. The number of phenolic OH excluding ortho intramolecular Hbond substituents is 1. The van der Waals surface area contributed by atoms with Crippen LogP contribution in [0.2, 0.25) is 0 Å². The van der Waals surface area contributed by atoms with Crippen molar-refractivity contribution in [2.24, 2.45) is 5.16 Å². The number of pyridine rings is 1. The van der Waals surface area contributed by atoms with Crippen molar-refractivity contribution >= 4 is 69.2 Å². The summed E-state index contributed by atoms with van der Waals surface area (Å²) in [5.74, 6) is -3.66. The first-order valence-electron chi connectivity index (χ1n) is 14.7. The van der Waals surface area contributed by atoms with Crippen LogP contribution in [0, 0.1) is 0 Å². The van der Waals surface area contributed by atoms with Crippen LogP contribution in [0.5, 0.6) is 5.75 Å². The second-order valence-electron chi connectivity index (χ2n) is 11.2. The number of benzene rings is 1. The van der Waals surface area contributed by atoms with Crippen molar-refractivity contribution in [3.05, 3.63) is 88.3 Å². The van der Waals surface area contributed by atoms with E-state index in [1.54, 1.807) is 40.1 Å². The van der Waals surface area contributed by atoms with Gasteiger partial charge in [-0.25, -0.2) is 4.98 Å². The molecule has 0 radical (unpaired) electrons. The van der Waals surface area contributed by atoms with Gasteiger partial charge in [0.1, 0.15) is 22.9 Å². The van der Waals surface area contributed by atoms with E-state index in [9.17, 15) is 39.4 Å². The maximum Gasteiger partial charge on any atom is 0.290 e. The number of likely N-dealkylation sites (tertiary alicyclic amines) is 1. The summed E-state index contributed by atoms with van der Waals surface area (Å²) < 4.78 is 1.67. The fourth-order valence-corrected chi connectivity index (χ4v) is 7.52. The lowest BCUT2D eigenvalue weighted by molar-refractivity contribution is -0.684. The van der Waals surface area contributed by atoms with Crippen LogP contribution in [0.4, 0.5) is 10.8 Å². The van der Waals surface area contributed by atoms with E-state index in [0.29, 0.717) is 24.2 Å². The molecule has 2 aromatic heterocycles. The molecule has 6 N–H and O–H groups in total. The fourth-order valence-electron chi connectivity index (χ4n) is 5.66. The zero-order valence-corrected chi connectivity index (χ0v) is 27.1. The summed E-state index contributed by atoms with van der Waals surface area (Å²) in [6.45, 7) is 0.614. The number of rotatable bonds is 10. The second kappa shape index (κ2) is 13.8. The SMILES string of the molecule is Nc1nc(/C(=N/O)C(=O)N[C@@H]2C(=O)N3C(C(=O)[O-])=C(/C=C4\CCN(Cc5ccc[n+](CC(=O)Nc6cccc(O)c6)c5)C4=O)CS[C@H]23)cs1. The molecule has 0 spiro atoms. The summed E-state index contributed by atoms with van der Waals surface area (Å²) in [6.07, 6.45) is 5.29. The van der Waals surface area contributed by atoms with Gasteiger partial charge in [-0.1, -0.05) is 11.2 Å². The largest absolute Gasteiger partial charge is 0.543 e. The number of oxime groups is 1. The zero-order valence-electron chi connectivity index (χ0n) is 25.4. The number of carboxylic acids is 1. The lowest BCUT2D eigenvalue weighted by atomic mass is 10.0. The molecule has 2 atom stereocenters. The van der Waals surface area contributed by atoms with Gasteiger partial charge in [-0.15, -0.1) is 23.1 Å². The number of hydrogen-bond acceptors (Lipinski definition) is 13. The van der Waals surface area contributed by atoms with Crippen molar-refractivity contribution in [1.82, 2.24) is 20.1 Å². The standard InChI is InChI=1S/C31H28N8O8S2/c32-31-34-21(15-49-31)23(36-47)26(42)35-24-28(44)39-25(30(45)46)18(14-48-29(24)39)9-17-6-8-38(27(17)43)12-16-3-2-7-37(11-16)13-22(41)33-19-4-1-5-20(40)10-19/h1-5,7,9-11,15,24,29H,6,8,12-14H2,(H6-,32,33,34,35,40,41,42,45,46,47)/b17-9+/t24-,29-/m1/s1. The van der Waals surface area contributed by atoms with E-state index in [2.05, 4.69) is 20.8 Å². The third-order valence-corrected chi connectivity index (χ3v) is 9.84. The number of allylic oxidation sites excluding steroid dienone is 1. The van der Waals surface area contributed by atoms with Crippen LogP contribution in [-0.4, -0.2) is 84.1 Å². The number of carbonyl (C=O) groups excluding carboxylic acids is 5. The van der Waals surface area contributed by atoms with Gasteiger partial charge >= 0.3 is 0 Å². The molecule has 3 aromatic rings. The molecule has 3 aliphatic heterocycles. The van der Waals surface area contributed by atoms with Gasteiger partial charge in [-0.05, 0) is 36.3 Å². The van der Waals surface area contributed by atoms with Gasteiger partial charge in [0.25, 0.3) is 17.7 Å². The van der Waals surface area contributed by atoms with E-state index in [1.807, 2.05) is 6.07 Å². The summed E-state index contributed by atoms with van der Waals surface area (Å²) in [5.41, 5.74) is 6.59. The number of hydrogen-bond donors (Lipinski definition) is 5. The predicted molar refractivity (Wildman–Crippen MR) is 173 cm³/mol. The lowest BCUT2D eigenvalue weighted by Crippen LogP contribution is -2.71. The summed E-state index contributed by atoms with van der Waals surface area (Å²) in [5, 5.41) is 40.2. The number of nitrogen functional groups attached to an aromatic ring is 1. The number of thioether (sulfide) groups is 1. The maximum atomic E-state index is 13.4. The topological polar surface area (TPSA) is 235 Å². The molecule has 1 aromatic carbocycles. The molecular weight excluding hydrogens is 677 g/mol. The number of anilines is 2. The molecule has 16 nitrogen and oxygen atoms in total. The second-order valence-corrected chi connectivity index (χ2v) is 13.2. The number of nitrogens with zero attached hydrogens (tertiary/aromatic N) is 5. The van der Waals surface area contributed by atoms with Gasteiger partial charge in [0, 0.05) is 46.6 Å². The third kappa shape index (κ3) is 6.95. The molecule has 0 bridgehead atoms. The highest BCUT2D eigenvalue weighted by atomic mass is 32.2. The number of phenols is 1.